The number of aliphatic hydroxyl groups is 1. The molecule has 27 heavy (non-hydrogen) atoms. The van der Waals surface area contributed by atoms with E-state index >= 15 is 0 Å². The lowest BCUT2D eigenvalue weighted by Gasteiger charge is -2.19. The summed E-state index contributed by atoms with van der Waals surface area (Å²) >= 11 is 0. The van der Waals surface area contributed by atoms with Gasteiger partial charge < -0.3 is 15.1 Å². The van der Waals surface area contributed by atoms with Crippen LogP contribution in [-0.2, 0) is 0 Å². The molecule has 138 valence electrons. The molecule has 4 rings (SSSR count). The summed E-state index contributed by atoms with van der Waals surface area (Å²) in [6.45, 7) is 1.06. The molecule has 0 spiro atoms. The first-order valence-corrected chi connectivity index (χ1v) is 8.69. The third-order valence-corrected chi connectivity index (χ3v) is 4.68. The summed E-state index contributed by atoms with van der Waals surface area (Å²) < 4.78 is 28.0. The quantitative estimate of drug-likeness (QED) is 0.735. The fourth-order valence-electron chi connectivity index (χ4n) is 3.32. The number of halogens is 2. The second-order valence-corrected chi connectivity index (χ2v) is 6.66. The van der Waals surface area contributed by atoms with Crippen molar-refractivity contribution >= 4 is 5.82 Å². The lowest BCUT2D eigenvalue weighted by molar-refractivity contribution is 0.198. The van der Waals surface area contributed by atoms with Crippen LogP contribution in [-0.4, -0.2) is 34.4 Å². The first-order chi connectivity index (χ1) is 13.0. The average Bonchev–Trinajstić information content (AvgIpc) is 3.10. The molecule has 1 aliphatic rings. The molecule has 2 N–H and O–H groups in total. The van der Waals surface area contributed by atoms with Gasteiger partial charge in [0, 0.05) is 24.2 Å². The van der Waals surface area contributed by atoms with Crippen LogP contribution in [0.4, 0.5) is 14.6 Å². The van der Waals surface area contributed by atoms with Gasteiger partial charge in [-0.25, -0.2) is 13.8 Å². The Kier molecular flexibility index (Phi) is 4.49. The average molecular weight is 368 g/mol. The minimum atomic E-state index is -0.531. The number of pyridine rings is 1. The molecular weight excluding hydrogens is 350 g/mol. The highest BCUT2D eigenvalue weighted by molar-refractivity contribution is 5.75. The van der Waals surface area contributed by atoms with E-state index in [0.717, 1.165) is 18.2 Å². The summed E-state index contributed by atoms with van der Waals surface area (Å²) in [4.78, 5) is 6.54. The maximum Gasteiger partial charge on any atom is 0.131 e. The molecule has 0 aliphatic carbocycles. The molecule has 1 aromatic heterocycles. The number of nitrogens with zero attached hydrogens (tertiary/aromatic N) is 2. The van der Waals surface area contributed by atoms with Crippen LogP contribution in [0.15, 0.2) is 54.6 Å². The van der Waals surface area contributed by atoms with Gasteiger partial charge in [-0.3, -0.25) is 0 Å². The van der Waals surface area contributed by atoms with E-state index in [1.54, 1.807) is 36.4 Å². The van der Waals surface area contributed by atoms with Gasteiger partial charge in [-0.15, -0.1) is 0 Å². The molecule has 2 aromatic carbocycles. The summed E-state index contributed by atoms with van der Waals surface area (Å²) in [5, 5.41) is 19.6. The van der Waals surface area contributed by atoms with Crippen molar-refractivity contribution in [3.8, 4) is 28.1 Å². The lowest BCUT2D eigenvalue weighted by atomic mass is 10.0. The Bertz CT molecular complexity index is 994. The smallest absolute Gasteiger partial charge is 0.131 e. The molecule has 2 heterocycles. The van der Waals surface area contributed by atoms with Crippen LogP contribution in [0.25, 0.3) is 22.4 Å². The summed E-state index contributed by atoms with van der Waals surface area (Å²) in [6, 6.07) is 13.3. The lowest BCUT2D eigenvalue weighted by Crippen LogP contribution is -2.22. The van der Waals surface area contributed by atoms with Crippen LogP contribution >= 0.6 is 0 Å². The van der Waals surface area contributed by atoms with Crippen molar-refractivity contribution in [2.45, 2.75) is 12.5 Å². The Balaban J connectivity index is 1.87. The van der Waals surface area contributed by atoms with Crippen molar-refractivity contribution in [3.63, 3.8) is 0 Å². The van der Waals surface area contributed by atoms with Gasteiger partial charge in [0.2, 0.25) is 0 Å². The van der Waals surface area contributed by atoms with E-state index in [1.165, 1.54) is 0 Å². The van der Waals surface area contributed by atoms with E-state index in [4.69, 9.17) is 0 Å². The zero-order valence-electron chi connectivity index (χ0n) is 14.4. The van der Waals surface area contributed by atoms with E-state index in [9.17, 15) is 19.0 Å². The number of anilines is 1. The second kappa shape index (κ2) is 6.96. The van der Waals surface area contributed by atoms with Gasteiger partial charge in [0.25, 0.3) is 0 Å². The first-order valence-electron chi connectivity index (χ1n) is 8.69. The minimum absolute atomic E-state index is 0.0924. The number of rotatable bonds is 3. The maximum atomic E-state index is 14.3. The molecule has 4 nitrogen and oxygen atoms in total. The summed E-state index contributed by atoms with van der Waals surface area (Å²) in [5.74, 6) is -0.391. The molecular formula is C21H18F2N2O2. The van der Waals surface area contributed by atoms with Crippen molar-refractivity contribution in [1.29, 1.82) is 0 Å². The summed E-state index contributed by atoms with van der Waals surface area (Å²) in [6.07, 6.45) is 0.187. The molecule has 1 atom stereocenters. The minimum Gasteiger partial charge on any atom is -0.508 e. The Morgan fingerprint density at radius 1 is 1.00 bits per heavy atom. The molecule has 1 unspecified atom stereocenters. The van der Waals surface area contributed by atoms with Gasteiger partial charge in [-0.2, -0.15) is 0 Å². The zero-order valence-corrected chi connectivity index (χ0v) is 14.4. The number of hydrogen-bond acceptors (Lipinski definition) is 4. The second-order valence-electron chi connectivity index (χ2n) is 6.66. The normalized spacial score (nSPS) is 16.7. The Morgan fingerprint density at radius 2 is 1.85 bits per heavy atom. The molecule has 3 aromatic rings. The Morgan fingerprint density at radius 3 is 2.59 bits per heavy atom. The van der Waals surface area contributed by atoms with Gasteiger partial charge in [0.1, 0.15) is 23.2 Å². The number of aliphatic hydroxyl groups excluding tert-OH is 1. The van der Waals surface area contributed by atoms with Gasteiger partial charge in [-0.05, 0) is 54.4 Å². The number of hydrogen-bond donors (Lipinski definition) is 2. The highest BCUT2D eigenvalue weighted by atomic mass is 19.1. The largest absolute Gasteiger partial charge is 0.508 e. The third-order valence-electron chi connectivity index (χ3n) is 4.68. The molecule has 0 bridgehead atoms. The maximum absolute atomic E-state index is 14.3. The van der Waals surface area contributed by atoms with E-state index in [2.05, 4.69) is 4.98 Å². The van der Waals surface area contributed by atoms with Crippen molar-refractivity contribution in [3.05, 3.63) is 66.2 Å². The molecule has 0 radical (unpaired) electrons. The molecule has 0 amide bonds. The summed E-state index contributed by atoms with van der Waals surface area (Å²) in [5.41, 5.74) is 1.81. The number of β-amino-alcohol motifs (C(OH)–C–C–N with tert-alkyl or cyclic N) is 1. The van der Waals surface area contributed by atoms with Gasteiger partial charge >= 0.3 is 0 Å². The van der Waals surface area contributed by atoms with Crippen molar-refractivity contribution < 1.29 is 19.0 Å². The number of phenols is 1. The van der Waals surface area contributed by atoms with Crippen LogP contribution in [0, 0.1) is 11.6 Å². The predicted molar refractivity (Wildman–Crippen MR) is 99.5 cm³/mol. The number of aromatic hydroxyl groups is 1. The predicted octanol–water partition coefficient (Wildman–Crippen LogP) is 3.97. The third kappa shape index (κ3) is 3.61. The zero-order chi connectivity index (χ0) is 19.0. The van der Waals surface area contributed by atoms with Crippen LogP contribution in [0.2, 0.25) is 0 Å². The van der Waals surface area contributed by atoms with Crippen molar-refractivity contribution in [2.75, 3.05) is 18.0 Å². The topological polar surface area (TPSA) is 56.6 Å². The van der Waals surface area contributed by atoms with Crippen molar-refractivity contribution in [1.82, 2.24) is 4.98 Å². The van der Waals surface area contributed by atoms with E-state index in [1.807, 2.05) is 4.90 Å². The highest BCUT2D eigenvalue weighted by Crippen LogP contribution is 2.33. The van der Waals surface area contributed by atoms with E-state index in [0.29, 0.717) is 42.1 Å². The summed E-state index contributed by atoms with van der Waals surface area (Å²) in [7, 11) is 0. The number of aromatic nitrogens is 1. The Labute approximate surface area is 155 Å². The highest BCUT2D eigenvalue weighted by Gasteiger charge is 2.23. The molecule has 1 saturated heterocycles. The van der Waals surface area contributed by atoms with Crippen molar-refractivity contribution in [2.24, 2.45) is 0 Å². The van der Waals surface area contributed by atoms with Crippen LogP contribution in [0.3, 0.4) is 0 Å². The molecule has 1 fully saturated rings. The van der Waals surface area contributed by atoms with Gasteiger partial charge in [-0.1, -0.05) is 12.1 Å². The number of phenolic OH excluding ortho intramolecular Hbond substituents is 1. The molecule has 1 aliphatic heterocycles. The van der Waals surface area contributed by atoms with Crippen LogP contribution in [0.5, 0.6) is 5.75 Å². The van der Waals surface area contributed by atoms with Crippen LogP contribution < -0.4 is 4.90 Å². The Hall–Kier alpha value is -2.99. The standard InChI is InChI=1S/C21H18F2N2O2/c22-15-4-5-19(23)18(11-15)14-9-20(13-2-1-3-16(26)8-13)24-21(10-14)25-7-6-17(27)12-25/h1-5,8-11,17,26-27H,6-7,12H2. The monoisotopic (exact) mass is 368 g/mol. The fourth-order valence-corrected chi connectivity index (χ4v) is 3.32. The van der Waals surface area contributed by atoms with Gasteiger partial charge in [0.05, 0.1) is 11.8 Å². The molecule has 0 saturated carbocycles. The fraction of sp³-hybridized carbons (Fsp3) is 0.190. The number of benzene rings is 2. The van der Waals surface area contributed by atoms with Gasteiger partial charge in [0.15, 0.2) is 0 Å². The molecule has 6 heteroatoms. The van der Waals surface area contributed by atoms with E-state index < -0.39 is 17.7 Å². The van der Waals surface area contributed by atoms with E-state index in [-0.39, 0.29) is 11.3 Å². The van der Waals surface area contributed by atoms with Crippen LogP contribution in [0.1, 0.15) is 6.42 Å². The first kappa shape index (κ1) is 17.4. The SMILES string of the molecule is Oc1cccc(-c2cc(-c3cc(F)ccc3F)cc(N3CCC(O)C3)n2)c1.